The molecule has 0 saturated heterocycles. The Kier molecular flexibility index (Phi) is 1.96. The molecule has 0 aliphatic heterocycles. The van der Waals surface area contributed by atoms with E-state index in [0.717, 1.165) is 11.3 Å². The lowest BCUT2D eigenvalue weighted by Crippen LogP contribution is -2.06. The molecule has 0 fully saturated rings. The molecular formula is C10H11N3O. The van der Waals surface area contributed by atoms with Gasteiger partial charge >= 0.3 is 5.69 Å². The second-order valence-corrected chi connectivity index (χ2v) is 3.20. The number of aromatic nitrogens is 3. The maximum absolute atomic E-state index is 11.0. The Labute approximate surface area is 81.2 Å². The van der Waals surface area contributed by atoms with Crippen molar-refractivity contribution in [3.8, 4) is 5.69 Å². The molecule has 0 spiro atoms. The fraction of sp³-hybridized carbons (Fsp3) is 0.200. The first-order valence-electron chi connectivity index (χ1n) is 4.40. The maximum Gasteiger partial charge on any atom is 0.361 e. The van der Waals surface area contributed by atoms with Gasteiger partial charge in [-0.25, -0.2) is 14.6 Å². The molecule has 0 aliphatic carbocycles. The highest BCUT2D eigenvalue weighted by Crippen LogP contribution is 2.11. The number of rotatable bonds is 1. The molecule has 0 unspecified atom stereocenters. The van der Waals surface area contributed by atoms with Gasteiger partial charge in [0.25, 0.3) is 0 Å². The number of aromatic amines is 1. The van der Waals surface area contributed by atoms with Crippen LogP contribution in [0.15, 0.2) is 29.1 Å². The predicted octanol–water partition coefficient (Wildman–Crippen LogP) is 1.18. The van der Waals surface area contributed by atoms with Crippen LogP contribution in [-0.4, -0.2) is 14.8 Å². The highest BCUT2D eigenvalue weighted by Gasteiger charge is 2.04. The Morgan fingerprint density at radius 2 is 2.00 bits per heavy atom. The number of nitrogens with zero attached hydrogens (tertiary/aromatic N) is 2. The van der Waals surface area contributed by atoms with Gasteiger partial charge in [0.15, 0.2) is 0 Å². The maximum atomic E-state index is 11.0. The average Bonchev–Trinajstić information content (AvgIpc) is 2.46. The summed E-state index contributed by atoms with van der Waals surface area (Å²) in [6.45, 7) is 3.79. The van der Waals surface area contributed by atoms with E-state index in [9.17, 15) is 4.79 Å². The van der Waals surface area contributed by atoms with Crippen molar-refractivity contribution in [3.63, 3.8) is 0 Å². The molecule has 0 amide bonds. The van der Waals surface area contributed by atoms with Crippen LogP contribution in [-0.2, 0) is 0 Å². The monoisotopic (exact) mass is 189 g/mol. The van der Waals surface area contributed by atoms with E-state index in [0.29, 0.717) is 5.82 Å². The Morgan fingerprint density at radius 1 is 1.29 bits per heavy atom. The van der Waals surface area contributed by atoms with E-state index in [1.807, 2.05) is 31.2 Å². The smallest absolute Gasteiger partial charge is 0.244 e. The van der Waals surface area contributed by atoms with E-state index >= 15 is 0 Å². The summed E-state index contributed by atoms with van der Waals surface area (Å²) in [4.78, 5) is 14.8. The Morgan fingerprint density at radius 3 is 2.57 bits per heavy atom. The minimum atomic E-state index is -0.314. The first-order chi connectivity index (χ1) is 6.68. The summed E-state index contributed by atoms with van der Waals surface area (Å²) in [5.74, 6) is 0.671. The van der Waals surface area contributed by atoms with Gasteiger partial charge in [0.1, 0.15) is 5.82 Å². The predicted molar refractivity (Wildman–Crippen MR) is 53.7 cm³/mol. The fourth-order valence-corrected chi connectivity index (χ4v) is 1.45. The van der Waals surface area contributed by atoms with Crippen LogP contribution in [0.1, 0.15) is 11.4 Å². The Hall–Kier alpha value is -1.84. The van der Waals surface area contributed by atoms with Crippen molar-refractivity contribution in [2.45, 2.75) is 13.8 Å². The average molecular weight is 189 g/mol. The van der Waals surface area contributed by atoms with E-state index in [2.05, 4.69) is 10.1 Å². The molecule has 0 atom stereocenters. The molecule has 1 N–H and O–H groups in total. The molecule has 0 saturated carbocycles. The standard InChI is InChI=1S/C10H11N3O/c1-7-5-3-4-6-9(7)13-8(2)11-10(14)12-13/h3-6H,1-2H3,(H,12,14). The third kappa shape index (κ3) is 1.35. The van der Waals surface area contributed by atoms with Crippen LogP contribution in [0, 0.1) is 13.8 Å². The molecule has 0 radical (unpaired) electrons. The second kappa shape index (κ2) is 3.14. The number of aryl methyl sites for hydroxylation is 2. The zero-order valence-electron chi connectivity index (χ0n) is 8.11. The minimum Gasteiger partial charge on any atom is -0.244 e. The van der Waals surface area contributed by atoms with Gasteiger partial charge < -0.3 is 0 Å². The number of hydrogen-bond donors (Lipinski definition) is 1. The van der Waals surface area contributed by atoms with Gasteiger partial charge in [-0.05, 0) is 25.5 Å². The highest BCUT2D eigenvalue weighted by molar-refractivity contribution is 5.39. The molecule has 72 valence electrons. The summed E-state index contributed by atoms with van der Waals surface area (Å²) in [7, 11) is 0. The highest BCUT2D eigenvalue weighted by atomic mass is 16.1. The Bertz CT molecular complexity index is 510. The van der Waals surface area contributed by atoms with Crippen LogP contribution < -0.4 is 5.69 Å². The van der Waals surface area contributed by atoms with E-state index in [1.54, 1.807) is 11.6 Å². The van der Waals surface area contributed by atoms with E-state index < -0.39 is 0 Å². The normalized spacial score (nSPS) is 10.4. The van der Waals surface area contributed by atoms with Gasteiger partial charge in [0.2, 0.25) is 0 Å². The van der Waals surface area contributed by atoms with E-state index in [-0.39, 0.29) is 5.69 Å². The van der Waals surface area contributed by atoms with Gasteiger partial charge in [-0.15, -0.1) is 0 Å². The van der Waals surface area contributed by atoms with Crippen molar-refractivity contribution >= 4 is 0 Å². The number of para-hydroxylation sites is 1. The Balaban J connectivity index is 2.66. The van der Waals surface area contributed by atoms with E-state index in [1.165, 1.54) is 0 Å². The largest absolute Gasteiger partial charge is 0.361 e. The lowest BCUT2D eigenvalue weighted by Gasteiger charge is -2.06. The SMILES string of the molecule is Cc1ccccc1-n1[nH]c(=O)nc1C. The van der Waals surface area contributed by atoms with Crippen LogP contribution >= 0.6 is 0 Å². The number of hydrogen-bond acceptors (Lipinski definition) is 2. The van der Waals surface area contributed by atoms with Crippen molar-refractivity contribution < 1.29 is 0 Å². The first kappa shape index (κ1) is 8.74. The quantitative estimate of drug-likeness (QED) is 0.732. The minimum absolute atomic E-state index is 0.314. The number of benzene rings is 1. The van der Waals surface area contributed by atoms with Crippen molar-refractivity contribution in [2.24, 2.45) is 0 Å². The summed E-state index contributed by atoms with van der Waals surface area (Å²) < 4.78 is 1.69. The van der Waals surface area contributed by atoms with Crippen LogP contribution in [0.2, 0.25) is 0 Å². The van der Waals surface area contributed by atoms with E-state index in [4.69, 9.17) is 0 Å². The summed E-state index contributed by atoms with van der Waals surface area (Å²) >= 11 is 0. The third-order valence-electron chi connectivity index (χ3n) is 2.15. The van der Waals surface area contributed by atoms with Crippen LogP contribution in [0.5, 0.6) is 0 Å². The molecule has 1 heterocycles. The summed E-state index contributed by atoms with van der Waals surface area (Å²) in [5.41, 5.74) is 1.75. The fourth-order valence-electron chi connectivity index (χ4n) is 1.45. The zero-order chi connectivity index (χ0) is 10.1. The molecule has 0 bridgehead atoms. The molecule has 14 heavy (non-hydrogen) atoms. The number of H-pyrrole nitrogens is 1. The van der Waals surface area contributed by atoms with Crippen molar-refractivity contribution in [2.75, 3.05) is 0 Å². The number of nitrogens with one attached hydrogen (secondary N) is 1. The molecular weight excluding hydrogens is 178 g/mol. The molecule has 0 aliphatic rings. The second-order valence-electron chi connectivity index (χ2n) is 3.20. The zero-order valence-corrected chi connectivity index (χ0v) is 8.11. The molecule has 4 heteroatoms. The molecule has 2 aromatic rings. The van der Waals surface area contributed by atoms with Crippen LogP contribution in [0.25, 0.3) is 5.69 Å². The summed E-state index contributed by atoms with van der Waals surface area (Å²) in [5, 5.41) is 2.65. The van der Waals surface area contributed by atoms with Crippen LogP contribution in [0.3, 0.4) is 0 Å². The van der Waals surface area contributed by atoms with Crippen LogP contribution in [0.4, 0.5) is 0 Å². The van der Waals surface area contributed by atoms with Gasteiger partial charge in [-0.2, -0.15) is 4.98 Å². The van der Waals surface area contributed by atoms with Crippen molar-refractivity contribution in [1.29, 1.82) is 0 Å². The molecule has 1 aromatic carbocycles. The lowest BCUT2D eigenvalue weighted by atomic mass is 10.2. The van der Waals surface area contributed by atoms with Crippen molar-refractivity contribution in [1.82, 2.24) is 14.8 Å². The van der Waals surface area contributed by atoms with Gasteiger partial charge in [-0.1, -0.05) is 18.2 Å². The topological polar surface area (TPSA) is 50.7 Å². The summed E-state index contributed by atoms with van der Waals surface area (Å²) in [6, 6.07) is 7.83. The van der Waals surface area contributed by atoms with Gasteiger partial charge in [0, 0.05) is 0 Å². The van der Waals surface area contributed by atoms with Crippen molar-refractivity contribution in [3.05, 3.63) is 46.1 Å². The van der Waals surface area contributed by atoms with Gasteiger partial charge in [0.05, 0.1) is 5.69 Å². The first-order valence-corrected chi connectivity index (χ1v) is 4.40. The molecule has 1 aromatic heterocycles. The molecule has 4 nitrogen and oxygen atoms in total. The lowest BCUT2D eigenvalue weighted by molar-refractivity contribution is 0.825. The summed E-state index contributed by atoms with van der Waals surface area (Å²) in [6.07, 6.45) is 0. The molecule has 2 rings (SSSR count). The third-order valence-corrected chi connectivity index (χ3v) is 2.15. The van der Waals surface area contributed by atoms with Gasteiger partial charge in [-0.3, -0.25) is 0 Å².